The van der Waals surface area contributed by atoms with Crippen LogP contribution in [0.2, 0.25) is 0 Å². The molecule has 1 aromatic carbocycles. The van der Waals surface area contributed by atoms with Crippen LogP contribution in [0, 0.1) is 0 Å². The minimum absolute atomic E-state index is 0.135. The van der Waals surface area contributed by atoms with Gasteiger partial charge in [-0.15, -0.1) is 0 Å². The third kappa shape index (κ3) is 3.92. The van der Waals surface area contributed by atoms with Gasteiger partial charge in [0.2, 0.25) is 5.91 Å². The number of primary amides is 1. The van der Waals surface area contributed by atoms with Gasteiger partial charge in [-0.05, 0) is 30.5 Å². The normalized spacial score (nSPS) is 11.9. The Kier molecular flexibility index (Phi) is 5.45. The average molecular weight is 252 g/mol. The maximum absolute atomic E-state index is 10.6. The van der Waals surface area contributed by atoms with Crippen molar-refractivity contribution >= 4 is 5.91 Å². The summed E-state index contributed by atoms with van der Waals surface area (Å²) in [4.78, 5) is 10.6. The Morgan fingerprint density at radius 1 is 1.28 bits per heavy atom. The fraction of sp³-hybridized carbons (Fsp3) is 0.462. The van der Waals surface area contributed by atoms with Gasteiger partial charge < -0.3 is 20.9 Å². The highest BCUT2D eigenvalue weighted by atomic mass is 16.5. The molecule has 5 nitrogen and oxygen atoms in total. The Bertz CT molecular complexity index is 407. The first-order chi connectivity index (χ1) is 8.58. The molecule has 0 fully saturated rings. The summed E-state index contributed by atoms with van der Waals surface area (Å²) in [6.45, 7) is 0. The van der Waals surface area contributed by atoms with E-state index in [9.17, 15) is 4.79 Å². The molecule has 100 valence electrons. The largest absolute Gasteiger partial charge is 0.493 e. The van der Waals surface area contributed by atoms with E-state index in [-0.39, 0.29) is 11.9 Å². The maximum atomic E-state index is 10.6. The van der Waals surface area contributed by atoms with Gasteiger partial charge in [-0.25, -0.2) is 0 Å². The topological polar surface area (TPSA) is 87.6 Å². The Balaban J connectivity index is 2.67. The molecule has 0 saturated carbocycles. The van der Waals surface area contributed by atoms with E-state index in [4.69, 9.17) is 20.9 Å². The Labute approximate surface area is 107 Å². The SMILES string of the molecule is COc1ccc(C(N)CCCC(N)=O)cc1OC. The van der Waals surface area contributed by atoms with E-state index < -0.39 is 0 Å². The van der Waals surface area contributed by atoms with Crippen LogP contribution in [0.3, 0.4) is 0 Å². The molecule has 1 unspecified atom stereocenters. The second-order valence-electron chi connectivity index (χ2n) is 4.08. The van der Waals surface area contributed by atoms with Crippen molar-refractivity contribution in [3.63, 3.8) is 0 Å². The van der Waals surface area contributed by atoms with Crippen LogP contribution in [0.5, 0.6) is 11.5 Å². The number of carbonyl (C=O) groups excluding carboxylic acids is 1. The molecular weight excluding hydrogens is 232 g/mol. The van der Waals surface area contributed by atoms with E-state index in [2.05, 4.69) is 0 Å². The van der Waals surface area contributed by atoms with Crippen molar-refractivity contribution in [3.05, 3.63) is 23.8 Å². The number of amides is 1. The smallest absolute Gasteiger partial charge is 0.217 e. The van der Waals surface area contributed by atoms with Gasteiger partial charge in [-0.3, -0.25) is 4.79 Å². The lowest BCUT2D eigenvalue weighted by Gasteiger charge is -2.14. The highest BCUT2D eigenvalue weighted by Gasteiger charge is 2.10. The number of rotatable bonds is 7. The zero-order valence-electron chi connectivity index (χ0n) is 10.8. The number of benzene rings is 1. The first-order valence-corrected chi connectivity index (χ1v) is 5.84. The molecule has 0 spiro atoms. The summed E-state index contributed by atoms with van der Waals surface area (Å²) in [5, 5.41) is 0. The minimum atomic E-state index is -0.297. The van der Waals surface area contributed by atoms with Crippen molar-refractivity contribution in [2.45, 2.75) is 25.3 Å². The van der Waals surface area contributed by atoms with Crippen LogP contribution in [0.1, 0.15) is 30.9 Å². The van der Waals surface area contributed by atoms with Crippen LogP contribution in [0.15, 0.2) is 18.2 Å². The molecule has 0 aliphatic carbocycles. The number of carbonyl (C=O) groups is 1. The third-order valence-corrected chi connectivity index (χ3v) is 2.77. The predicted octanol–water partition coefficient (Wildman–Crippen LogP) is 1.36. The molecule has 5 heteroatoms. The zero-order chi connectivity index (χ0) is 13.5. The minimum Gasteiger partial charge on any atom is -0.493 e. The van der Waals surface area contributed by atoms with Crippen molar-refractivity contribution in [3.8, 4) is 11.5 Å². The molecule has 0 heterocycles. The van der Waals surface area contributed by atoms with Crippen molar-refractivity contribution < 1.29 is 14.3 Å². The number of hydrogen-bond acceptors (Lipinski definition) is 4. The van der Waals surface area contributed by atoms with Gasteiger partial charge in [0.25, 0.3) is 0 Å². The van der Waals surface area contributed by atoms with Gasteiger partial charge in [0.05, 0.1) is 14.2 Å². The zero-order valence-corrected chi connectivity index (χ0v) is 10.8. The molecule has 1 rings (SSSR count). The van der Waals surface area contributed by atoms with Crippen LogP contribution in [0.25, 0.3) is 0 Å². The van der Waals surface area contributed by atoms with Gasteiger partial charge in [-0.2, -0.15) is 0 Å². The summed E-state index contributed by atoms with van der Waals surface area (Å²) in [6, 6.07) is 5.44. The summed E-state index contributed by atoms with van der Waals surface area (Å²) in [6.07, 6.45) is 1.75. The first kappa shape index (κ1) is 14.3. The van der Waals surface area contributed by atoms with Crippen molar-refractivity contribution in [1.29, 1.82) is 0 Å². The number of methoxy groups -OCH3 is 2. The van der Waals surface area contributed by atoms with E-state index in [1.165, 1.54) is 0 Å². The van der Waals surface area contributed by atoms with Crippen LogP contribution in [-0.4, -0.2) is 20.1 Å². The molecule has 0 saturated heterocycles. The summed E-state index contributed by atoms with van der Waals surface area (Å²) in [7, 11) is 3.17. The average Bonchev–Trinajstić information content (AvgIpc) is 2.37. The first-order valence-electron chi connectivity index (χ1n) is 5.84. The number of nitrogens with two attached hydrogens (primary N) is 2. The Morgan fingerprint density at radius 2 is 1.94 bits per heavy atom. The molecule has 0 aliphatic heterocycles. The van der Waals surface area contributed by atoms with Crippen LogP contribution < -0.4 is 20.9 Å². The predicted molar refractivity (Wildman–Crippen MR) is 69.5 cm³/mol. The Morgan fingerprint density at radius 3 is 2.50 bits per heavy atom. The van der Waals surface area contributed by atoms with E-state index >= 15 is 0 Å². The lowest BCUT2D eigenvalue weighted by molar-refractivity contribution is -0.118. The van der Waals surface area contributed by atoms with Gasteiger partial charge in [-0.1, -0.05) is 6.07 Å². The fourth-order valence-electron chi connectivity index (χ4n) is 1.75. The molecule has 4 N–H and O–H groups in total. The van der Waals surface area contributed by atoms with Gasteiger partial charge in [0, 0.05) is 12.5 Å². The quantitative estimate of drug-likeness (QED) is 0.767. The molecule has 1 amide bonds. The van der Waals surface area contributed by atoms with E-state index in [0.29, 0.717) is 30.8 Å². The van der Waals surface area contributed by atoms with Gasteiger partial charge in [0.15, 0.2) is 11.5 Å². The fourth-order valence-corrected chi connectivity index (χ4v) is 1.75. The summed E-state index contributed by atoms with van der Waals surface area (Å²) in [5.74, 6) is 1.03. The van der Waals surface area contributed by atoms with Crippen molar-refractivity contribution in [2.75, 3.05) is 14.2 Å². The van der Waals surface area contributed by atoms with E-state index in [1.807, 2.05) is 18.2 Å². The monoisotopic (exact) mass is 252 g/mol. The highest BCUT2D eigenvalue weighted by molar-refractivity contribution is 5.73. The Hall–Kier alpha value is -1.75. The number of ether oxygens (including phenoxy) is 2. The summed E-state index contributed by atoms with van der Waals surface area (Å²) >= 11 is 0. The highest BCUT2D eigenvalue weighted by Crippen LogP contribution is 2.30. The molecule has 18 heavy (non-hydrogen) atoms. The maximum Gasteiger partial charge on any atom is 0.217 e. The molecule has 0 aromatic heterocycles. The third-order valence-electron chi connectivity index (χ3n) is 2.77. The molecule has 0 radical (unpaired) electrons. The summed E-state index contributed by atoms with van der Waals surface area (Å²) in [5.41, 5.74) is 12.1. The van der Waals surface area contributed by atoms with E-state index in [0.717, 1.165) is 5.56 Å². The van der Waals surface area contributed by atoms with E-state index in [1.54, 1.807) is 14.2 Å². The van der Waals surface area contributed by atoms with Crippen molar-refractivity contribution in [1.82, 2.24) is 0 Å². The standard InChI is InChI=1S/C13H20N2O3/c1-17-11-7-6-9(8-12(11)18-2)10(14)4-3-5-13(15)16/h6-8,10H,3-5,14H2,1-2H3,(H2,15,16). The number of hydrogen-bond donors (Lipinski definition) is 2. The lowest BCUT2D eigenvalue weighted by Crippen LogP contribution is -2.14. The molecule has 1 aromatic rings. The van der Waals surface area contributed by atoms with Crippen LogP contribution in [-0.2, 0) is 4.79 Å². The van der Waals surface area contributed by atoms with Gasteiger partial charge >= 0.3 is 0 Å². The van der Waals surface area contributed by atoms with Gasteiger partial charge in [0.1, 0.15) is 0 Å². The lowest BCUT2D eigenvalue weighted by atomic mass is 10.0. The molecule has 0 bridgehead atoms. The molecule has 0 aliphatic rings. The molecular formula is C13H20N2O3. The molecule has 1 atom stereocenters. The second kappa shape index (κ2) is 6.86. The second-order valence-corrected chi connectivity index (χ2v) is 4.08. The van der Waals surface area contributed by atoms with Crippen LogP contribution in [0.4, 0.5) is 0 Å². The summed E-state index contributed by atoms with van der Waals surface area (Å²) < 4.78 is 10.4. The van der Waals surface area contributed by atoms with Crippen LogP contribution >= 0.6 is 0 Å². The van der Waals surface area contributed by atoms with Crippen molar-refractivity contribution in [2.24, 2.45) is 11.5 Å².